The molecule has 0 spiro atoms. The quantitative estimate of drug-likeness (QED) is 0.295. The Morgan fingerprint density at radius 3 is 1.76 bits per heavy atom. The van der Waals surface area contributed by atoms with Crippen LogP contribution in [0.2, 0.25) is 0 Å². The summed E-state index contributed by atoms with van der Waals surface area (Å²) in [6, 6.07) is 12.9. The van der Waals surface area contributed by atoms with Crippen LogP contribution in [0.3, 0.4) is 0 Å². The molecule has 0 saturated carbocycles. The van der Waals surface area contributed by atoms with Gasteiger partial charge in [-0.2, -0.15) is 21.9 Å². The molecular formula is C26H29N3O6S2. The van der Waals surface area contributed by atoms with Crippen LogP contribution in [-0.2, 0) is 19.7 Å². The molecule has 196 valence electrons. The Morgan fingerprint density at radius 1 is 0.730 bits per heavy atom. The standard InChI is InChI=1S/C14H14O4S.C12H13N3O2.H2S/c1-11-3-9-14(10-4-11)19(15,16)18-13-7-5-12(17-2)6-8-13;16-9-7-8(13-1-2-13)12(17)11(15-5-6-15)10(9)14-3-4-14;/h3-10H,1-2H3;7H,1-6H2;1H2. The lowest BCUT2D eigenvalue weighted by atomic mass is 10.0. The minimum absolute atomic E-state index is 0. The lowest BCUT2D eigenvalue weighted by molar-refractivity contribution is -0.117. The van der Waals surface area contributed by atoms with E-state index in [0.29, 0.717) is 22.8 Å². The Balaban J connectivity index is 0.000000169. The van der Waals surface area contributed by atoms with Gasteiger partial charge in [-0.3, -0.25) is 9.59 Å². The van der Waals surface area contributed by atoms with E-state index in [0.717, 1.165) is 44.8 Å². The summed E-state index contributed by atoms with van der Waals surface area (Å²) in [6.45, 7) is 7.30. The molecule has 0 radical (unpaired) electrons. The van der Waals surface area contributed by atoms with Gasteiger partial charge in [0.15, 0.2) is 0 Å². The van der Waals surface area contributed by atoms with Crippen LogP contribution in [-0.4, -0.2) is 81.1 Å². The maximum Gasteiger partial charge on any atom is 0.339 e. The van der Waals surface area contributed by atoms with Gasteiger partial charge in [-0.15, -0.1) is 0 Å². The Labute approximate surface area is 223 Å². The fourth-order valence-corrected chi connectivity index (χ4v) is 4.72. The van der Waals surface area contributed by atoms with Crippen LogP contribution in [0.4, 0.5) is 0 Å². The normalized spacial score (nSPS) is 17.9. The Morgan fingerprint density at radius 2 is 1.24 bits per heavy atom. The molecule has 0 bridgehead atoms. The van der Waals surface area contributed by atoms with E-state index in [2.05, 4.69) is 0 Å². The number of carbonyl (C=O) groups is 2. The van der Waals surface area contributed by atoms with Gasteiger partial charge in [-0.05, 0) is 43.3 Å². The zero-order chi connectivity index (χ0) is 25.4. The minimum Gasteiger partial charge on any atom is -0.497 e. The molecule has 2 aromatic rings. The van der Waals surface area contributed by atoms with Gasteiger partial charge in [0.05, 0.1) is 12.8 Å². The first-order valence-corrected chi connectivity index (χ1v) is 13.1. The zero-order valence-corrected chi connectivity index (χ0v) is 22.5. The van der Waals surface area contributed by atoms with E-state index in [4.69, 9.17) is 8.92 Å². The van der Waals surface area contributed by atoms with Crippen LogP contribution in [0.1, 0.15) is 5.56 Å². The molecular weight excluding hydrogens is 514 g/mol. The summed E-state index contributed by atoms with van der Waals surface area (Å²) in [7, 11) is -2.25. The molecule has 0 aromatic heterocycles. The van der Waals surface area contributed by atoms with Gasteiger partial charge in [0.2, 0.25) is 11.6 Å². The van der Waals surface area contributed by atoms with Crippen molar-refractivity contribution in [2.75, 3.05) is 46.4 Å². The van der Waals surface area contributed by atoms with Crippen molar-refractivity contribution in [1.82, 2.24) is 14.7 Å². The Bertz CT molecular complexity index is 1360. The van der Waals surface area contributed by atoms with E-state index in [-0.39, 0.29) is 35.7 Å². The highest BCUT2D eigenvalue weighted by Crippen LogP contribution is 2.34. The molecule has 0 atom stereocenters. The van der Waals surface area contributed by atoms with Crippen LogP contribution >= 0.6 is 13.5 Å². The molecule has 37 heavy (non-hydrogen) atoms. The maximum atomic E-state index is 12.4. The summed E-state index contributed by atoms with van der Waals surface area (Å²) in [5.74, 6) is 0.939. The summed E-state index contributed by atoms with van der Waals surface area (Å²) >= 11 is 0. The molecule has 0 unspecified atom stereocenters. The highest BCUT2D eigenvalue weighted by Gasteiger charge is 2.43. The number of ketones is 2. The van der Waals surface area contributed by atoms with Crippen molar-refractivity contribution in [3.8, 4) is 11.5 Å². The molecule has 2 aromatic carbocycles. The van der Waals surface area contributed by atoms with E-state index in [1.165, 1.54) is 18.2 Å². The number of rotatable bonds is 7. The number of Topliss-reactive ketones (excluding diaryl/α,β-unsaturated/α-hetero) is 1. The number of methoxy groups -OCH3 is 1. The number of aryl methyl sites for hydroxylation is 1. The van der Waals surface area contributed by atoms with Gasteiger partial charge >= 0.3 is 10.1 Å². The number of carbonyl (C=O) groups excluding carboxylic acids is 2. The molecule has 3 fully saturated rings. The fraction of sp³-hybridized carbons (Fsp3) is 0.308. The summed E-state index contributed by atoms with van der Waals surface area (Å²) in [5, 5.41) is 0. The average molecular weight is 544 g/mol. The van der Waals surface area contributed by atoms with E-state index in [1.54, 1.807) is 43.5 Å². The van der Waals surface area contributed by atoms with Gasteiger partial charge in [-0.25, -0.2) is 0 Å². The molecule has 9 nitrogen and oxygen atoms in total. The van der Waals surface area contributed by atoms with Crippen molar-refractivity contribution >= 4 is 35.2 Å². The van der Waals surface area contributed by atoms with Crippen LogP contribution in [0.25, 0.3) is 0 Å². The summed E-state index contributed by atoms with van der Waals surface area (Å²) < 4.78 is 34.1. The maximum absolute atomic E-state index is 12.4. The molecule has 1 aliphatic carbocycles. The predicted molar refractivity (Wildman–Crippen MR) is 142 cm³/mol. The number of hydrogen-bond acceptors (Lipinski definition) is 9. The van der Waals surface area contributed by atoms with Crippen molar-refractivity contribution < 1.29 is 26.9 Å². The minimum atomic E-state index is -3.79. The Kier molecular flexibility index (Phi) is 7.56. The summed E-state index contributed by atoms with van der Waals surface area (Å²) in [6.07, 6.45) is 1.52. The van der Waals surface area contributed by atoms with Crippen LogP contribution in [0.5, 0.6) is 11.5 Å². The molecule has 4 aliphatic rings. The predicted octanol–water partition coefficient (Wildman–Crippen LogP) is 2.06. The molecule has 3 heterocycles. The zero-order valence-electron chi connectivity index (χ0n) is 20.6. The smallest absolute Gasteiger partial charge is 0.339 e. The number of ether oxygens (including phenoxy) is 1. The second-order valence-corrected chi connectivity index (χ2v) is 10.5. The summed E-state index contributed by atoms with van der Waals surface area (Å²) in [4.78, 5) is 30.6. The van der Waals surface area contributed by atoms with Gasteiger partial charge in [0.25, 0.3) is 0 Å². The first-order chi connectivity index (χ1) is 17.3. The first-order valence-electron chi connectivity index (χ1n) is 11.7. The number of nitrogens with zero attached hydrogens (tertiary/aromatic N) is 3. The largest absolute Gasteiger partial charge is 0.497 e. The lowest BCUT2D eigenvalue weighted by Crippen LogP contribution is -2.29. The van der Waals surface area contributed by atoms with E-state index in [9.17, 15) is 18.0 Å². The van der Waals surface area contributed by atoms with Gasteiger partial charge in [0, 0.05) is 45.3 Å². The Hall–Kier alpha value is -3.44. The summed E-state index contributed by atoms with van der Waals surface area (Å²) in [5.41, 5.74) is 2.88. The molecule has 3 saturated heterocycles. The third-order valence-corrected chi connectivity index (χ3v) is 7.32. The monoisotopic (exact) mass is 543 g/mol. The van der Waals surface area contributed by atoms with Crippen LogP contribution in [0, 0.1) is 6.92 Å². The second-order valence-electron chi connectivity index (χ2n) is 8.91. The number of benzene rings is 2. The van der Waals surface area contributed by atoms with Crippen molar-refractivity contribution in [2.24, 2.45) is 0 Å². The second kappa shape index (κ2) is 10.5. The topological polar surface area (TPSA) is 95.8 Å². The van der Waals surface area contributed by atoms with E-state index in [1.807, 2.05) is 21.6 Å². The van der Waals surface area contributed by atoms with Crippen molar-refractivity contribution in [2.45, 2.75) is 11.8 Å². The first kappa shape index (κ1) is 26.6. The van der Waals surface area contributed by atoms with Crippen LogP contribution < -0.4 is 8.92 Å². The molecule has 6 rings (SSSR count). The lowest BCUT2D eigenvalue weighted by Gasteiger charge is -2.21. The SMILES string of the molecule is COc1ccc(OS(=O)(=O)c2ccc(C)cc2)cc1.O=C1C=C(N2CC2)C(=O)C(N2CC2)=C1N1CC1.S. The third-order valence-electron chi connectivity index (χ3n) is 6.06. The average Bonchev–Trinajstić information content (AvgIpc) is 3.70. The molecule has 0 amide bonds. The number of hydrogen-bond donors (Lipinski definition) is 0. The van der Waals surface area contributed by atoms with Gasteiger partial charge < -0.3 is 23.6 Å². The third kappa shape index (κ3) is 6.11. The van der Waals surface area contributed by atoms with Gasteiger partial charge in [-0.1, -0.05) is 17.7 Å². The van der Waals surface area contributed by atoms with Crippen molar-refractivity contribution in [3.05, 3.63) is 77.3 Å². The van der Waals surface area contributed by atoms with Crippen LogP contribution in [0.15, 0.2) is 76.6 Å². The highest BCUT2D eigenvalue weighted by atomic mass is 32.2. The highest BCUT2D eigenvalue weighted by molar-refractivity contribution is 7.87. The van der Waals surface area contributed by atoms with Gasteiger partial charge in [0.1, 0.15) is 27.8 Å². The van der Waals surface area contributed by atoms with E-state index >= 15 is 0 Å². The molecule has 3 aliphatic heterocycles. The molecule has 0 N–H and O–H groups in total. The van der Waals surface area contributed by atoms with Crippen molar-refractivity contribution in [3.63, 3.8) is 0 Å². The fourth-order valence-electron chi connectivity index (χ4n) is 3.79. The molecule has 11 heteroatoms. The number of allylic oxidation sites excluding steroid dienone is 1. The van der Waals surface area contributed by atoms with Crippen molar-refractivity contribution in [1.29, 1.82) is 0 Å². The van der Waals surface area contributed by atoms with E-state index < -0.39 is 10.1 Å².